The number of benzene rings is 1. The summed E-state index contributed by atoms with van der Waals surface area (Å²) < 4.78 is 7.61. The fourth-order valence-corrected chi connectivity index (χ4v) is 3.01. The van der Waals surface area contributed by atoms with E-state index in [2.05, 4.69) is 31.8 Å². The molecule has 7 heteroatoms. The van der Waals surface area contributed by atoms with E-state index in [-0.39, 0.29) is 0 Å². The van der Waals surface area contributed by atoms with E-state index in [9.17, 15) is 0 Å². The second-order valence-corrected chi connectivity index (χ2v) is 6.58. The Labute approximate surface area is 169 Å². The van der Waals surface area contributed by atoms with Crippen molar-refractivity contribution in [2.75, 3.05) is 13.1 Å². The molecule has 148 valence electrons. The highest BCUT2D eigenvalue weighted by Crippen LogP contribution is 2.18. The molecule has 1 aromatic carbocycles. The largest absolute Gasteiger partial charge is 0.444 e. The van der Waals surface area contributed by atoms with Crippen molar-refractivity contribution < 1.29 is 4.42 Å². The highest BCUT2D eigenvalue weighted by Gasteiger charge is 2.07. The number of hydrogen-bond acceptors (Lipinski definition) is 4. The molecule has 4 aromatic rings. The van der Waals surface area contributed by atoms with E-state index >= 15 is 0 Å². The van der Waals surface area contributed by atoms with Gasteiger partial charge in [-0.15, -0.1) is 0 Å². The average Bonchev–Trinajstić information content (AvgIpc) is 3.39. The molecule has 0 radical (unpaired) electrons. The maximum atomic E-state index is 5.58. The average molecular weight is 388 g/mol. The molecule has 0 saturated heterocycles. The van der Waals surface area contributed by atoms with E-state index in [1.807, 2.05) is 66.1 Å². The number of aliphatic imine (C=N–C) groups is 1. The molecule has 0 bridgehead atoms. The van der Waals surface area contributed by atoms with Crippen LogP contribution in [0.1, 0.15) is 18.3 Å². The molecule has 0 unspecified atom stereocenters. The van der Waals surface area contributed by atoms with E-state index < -0.39 is 0 Å². The first-order valence-electron chi connectivity index (χ1n) is 9.76. The van der Waals surface area contributed by atoms with Crippen LogP contribution in [0.4, 0.5) is 0 Å². The van der Waals surface area contributed by atoms with Crippen LogP contribution in [0.2, 0.25) is 0 Å². The molecule has 7 nitrogen and oxygen atoms in total. The van der Waals surface area contributed by atoms with Crippen LogP contribution in [-0.2, 0) is 13.0 Å². The Bertz CT molecular complexity index is 1050. The fourth-order valence-electron chi connectivity index (χ4n) is 3.01. The van der Waals surface area contributed by atoms with Gasteiger partial charge in [0.1, 0.15) is 17.6 Å². The number of oxazole rings is 1. The van der Waals surface area contributed by atoms with Gasteiger partial charge in [-0.1, -0.05) is 24.3 Å². The summed E-state index contributed by atoms with van der Waals surface area (Å²) in [6.07, 6.45) is 6.54. The summed E-state index contributed by atoms with van der Waals surface area (Å²) in [5.74, 6) is 1.36. The number of nitrogens with zero attached hydrogens (tertiary/aromatic N) is 4. The van der Waals surface area contributed by atoms with Gasteiger partial charge in [-0.25, -0.2) is 15.0 Å². The normalized spacial score (nSPS) is 11.7. The minimum absolute atomic E-state index is 0.444. The second kappa shape index (κ2) is 9.05. The Kier molecular flexibility index (Phi) is 5.85. The Hall–Kier alpha value is -3.61. The summed E-state index contributed by atoms with van der Waals surface area (Å²) in [6.45, 7) is 4.01. The van der Waals surface area contributed by atoms with Gasteiger partial charge in [0.2, 0.25) is 5.89 Å². The monoisotopic (exact) mass is 388 g/mol. The quantitative estimate of drug-likeness (QED) is 0.375. The third kappa shape index (κ3) is 4.82. The lowest BCUT2D eigenvalue weighted by molar-refractivity contribution is 0.572. The van der Waals surface area contributed by atoms with Crippen LogP contribution < -0.4 is 10.6 Å². The minimum Gasteiger partial charge on any atom is -0.444 e. The molecule has 4 rings (SSSR count). The second-order valence-electron chi connectivity index (χ2n) is 6.58. The van der Waals surface area contributed by atoms with Crippen molar-refractivity contribution in [3.63, 3.8) is 0 Å². The molecule has 0 aliphatic carbocycles. The third-order valence-corrected chi connectivity index (χ3v) is 4.40. The van der Waals surface area contributed by atoms with Crippen LogP contribution in [-0.4, -0.2) is 33.4 Å². The Morgan fingerprint density at radius 1 is 1.03 bits per heavy atom. The SMILES string of the molecule is CCNC(=NCc1coc(-c2ccccc2)n1)NCCc1cn2ccccc2n1. The van der Waals surface area contributed by atoms with E-state index in [0.29, 0.717) is 12.4 Å². The molecular formula is C22H24N6O. The van der Waals surface area contributed by atoms with Crippen LogP contribution in [0.25, 0.3) is 17.1 Å². The number of hydrogen-bond donors (Lipinski definition) is 2. The van der Waals surface area contributed by atoms with Crippen molar-refractivity contribution in [3.8, 4) is 11.5 Å². The van der Waals surface area contributed by atoms with Gasteiger partial charge in [0.05, 0.1) is 12.2 Å². The van der Waals surface area contributed by atoms with E-state index in [4.69, 9.17) is 4.42 Å². The minimum atomic E-state index is 0.444. The Morgan fingerprint density at radius 2 is 1.90 bits per heavy atom. The van der Waals surface area contributed by atoms with E-state index in [1.165, 1.54) is 0 Å². The zero-order valence-corrected chi connectivity index (χ0v) is 16.4. The summed E-state index contributed by atoms with van der Waals surface area (Å²) in [6, 6.07) is 15.9. The zero-order chi connectivity index (χ0) is 19.9. The van der Waals surface area contributed by atoms with E-state index in [1.54, 1.807) is 6.26 Å². The predicted molar refractivity (Wildman–Crippen MR) is 114 cm³/mol. The lowest BCUT2D eigenvalue weighted by atomic mass is 10.2. The van der Waals surface area contributed by atoms with Crippen molar-refractivity contribution in [3.05, 3.63) is 78.6 Å². The lowest BCUT2D eigenvalue weighted by Crippen LogP contribution is -2.38. The first kappa shape index (κ1) is 18.7. The van der Waals surface area contributed by atoms with Crippen LogP contribution in [0.5, 0.6) is 0 Å². The van der Waals surface area contributed by atoms with Gasteiger partial charge < -0.3 is 19.5 Å². The molecule has 0 amide bonds. The predicted octanol–water partition coefficient (Wildman–Crippen LogP) is 3.29. The summed E-state index contributed by atoms with van der Waals surface area (Å²) in [4.78, 5) is 13.8. The van der Waals surface area contributed by atoms with Crippen LogP contribution in [0.15, 0.2) is 76.6 Å². The van der Waals surface area contributed by atoms with Crippen molar-refractivity contribution in [2.24, 2.45) is 4.99 Å². The van der Waals surface area contributed by atoms with Gasteiger partial charge in [0.15, 0.2) is 5.96 Å². The number of imidazole rings is 1. The van der Waals surface area contributed by atoms with Crippen molar-refractivity contribution in [2.45, 2.75) is 19.9 Å². The molecule has 29 heavy (non-hydrogen) atoms. The molecule has 3 aromatic heterocycles. The molecule has 3 heterocycles. The Balaban J connectivity index is 1.34. The maximum absolute atomic E-state index is 5.58. The third-order valence-electron chi connectivity index (χ3n) is 4.40. The van der Waals surface area contributed by atoms with Crippen molar-refractivity contribution >= 4 is 11.6 Å². The number of guanidine groups is 1. The summed E-state index contributed by atoms with van der Waals surface area (Å²) in [5, 5.41) is 6.61. The first-order chi connectivity index (χ1) is 14.3. The van der Waals surface area contributed by atoms with Gasteiger partial charge in [0.25, 0.3) is 0 Å². The highest BCUT2D eigenvalue weighted by atomic mass is 16.3. The molecule has 0 aliphatic rings. The van der Waals surface area contributed by atoms with Crippen LogP contribution in [0.3, 0.4) is 0 Å². The number of pyridine rings is 1. The lowest BCUT2D eigenvalue weighted by Gasteiger charge is -2.10. The fraction of sp³-hybridized carbons (Fsp3) is 0.227. The summed E-state index contributed by atoms with van der Waals surface area (Å²) in [7, 11) is 0. The first-order valence-corrected chi connectivity index (χ1v) is 9.76. The van der Waals surface area contributed by atoms with Crippen LogP contribution >= 0.6 is 0 Å². The van der Waals surface area contributed by atoms with Gasteiger partial charge in [-0.3, -0.25) is 0 Å². The van der Waals surface area contributed by atoms with Crippen LogP contribution in [0, 0.1) is 0 Å². The smallest absolute Gasteiger partial charge is 0.226 e. The molecule has 0 saturated carbocycles. The van der Waals surface area contributed by atoms with Gasteiger partial charge in [-0.05, 0) is 31.2 Å². The summed E-state index contributed by atoms with van der Waals surface area (Å²) in [5.41, 5.74) is 3.76. The Morgan fingerprint density at radius 3 is 2.72 bits per heavy atom. The topological polar surface area (TPSA) is 79.8 Å². The highest BCUT2D eigenvalue weighted by molar-refractivity contribution is 5.79. The molecule has 2 N–H and O–H groups in total. The molecule has 0 spiro atoms. The van der Waals surface area contributed by atoms with E-state index in [0.717, 1.165) is 48.1 Å². The molecular weight excluding hydrogens is 364 g/mol. The maximum Gasteiger partial charge on any atom is 0.226 e. The standard InChI is InChI=1S/C22H24N6O/c1-2-23-22(24-12-11-18-15-28-13-7-6-10-20(28)26-18)25-14-19-16-29-21(27-19)17-8-4-3-5-9-17/h3-10,13,15-16H,2,11-12,14H2,1H3,(H2,23,24,25). The summed E-state index contributed by atoms with van der Waals surface area (Å²) >= 11 is 0. The van der Waals surface area contributed by atoms with Gasteiger partial charge >= 0.3 is 0 Å². The number of nitrogens with one attached hydrogen (secondary N) is 2. The number of aromatic nitrogens is 3. The number of rotatable bonds is 7. The van der Waals surface area contributed by atoms with Gasteiger partial charge in [0, 0.05) is 37.5 Å². The molecule has 0 atom stereocenters. The van der Waals surface area contributed by atoms with Crippen molar-refractivity contribution in [1.82, 2.24) is 25.0 Å². The van der Waals surface area contributed by atoms with Crippen molar-refractivity contribution in [1.29, 1.82) is 0 Å². The molecule has 0 aliphatic heterocycles. The van der Waals surface area contributed by atoms with Gasteiger partial charge in [-0.2, -0.15) is 0 Å². The number of fused-ring (bicyclic) bond motifs is 1. The molecule has 0 fully saturated rings. The zero-order valence-electron chi connectivity index (χ0n) is 16.4.